The topological polar surface area (TPSA) is 143 Å². The molecule has 244 valence electrons. The van der Waals surface area contributed by atoms with E-state index in [1.165, 1.54) is 0 Å². The predicted molar refractivity (Wildman–Crippen MR) is 173 cm³/mol. The van der Waals surface area contributed by atoms with Gasteiger partial charge in [-0.05, 0) is 52.9 Å². The van der Waals surface area contributed by atoms with Crippen LogP contribution in [0.1, 0.15) is 45.5 Å². The number of esters is 1. The Bertz CT molecular complexity index is 1660. The van der Waals surface area contributed by atoms with E-state index in [4.69, 9.17) is 19.3 Å². The van der Waals surface area contributed by atoms with E-state index in [0.29, 0.717) is 30.4 Å². The van der Waals surface area contributed by atoms with E-state index in [-0.39, 0.29) is 50.1 Å². The summed E-state index contributed by atoms with van der Waals surface area (Å²) in [5.74, 6) is -1.87. The van der Waals surface area contributed by atoms with Gasteiger partial charge in [0.2, 0.25) is 11.8 Å². The number of carbonyl (C=O) groups is 3. The average Bonchev–Trinajstić information content (AvgIpc) is 3.63. The number of aliphatic hydroxyl groups excluding tert-OH is 1. The van der Waals surface area contributed by atoms with Gasteiger partial charge in [-0.3, -0.25) is 9.59 Å². The molecular weight excluding hydrogens is 600 g/mol. The van der Waals surface area contributed by atoms with Crippen LogP contribution in [0.3, 0.4) is 0 Å². The number of benzene rings is 3. The molecule has 10 nitrogen and oxygen atoms in total. The summed E-state index contributed by atoms with van der Waals surface area (Å²) >= 11 is 0. The molecule has 3 aromatic carbocycles. The molecule has 4 N–H and O–H groups in total. The fourth-order valence-electron chi connectivity index (χ4n) is 6.29. The Morgan fingerprint density at radius 1 is 0.915 bits per heavy atom. The van der Waals surface area contributed by atoms with Gasteiger partial charge in [-0.25, -0.2) is 4.79 Å². The molecule has 1 heterocycles. The van der Waals surface area contributed by atoms with Crippen LogP contribution in [-0.4, -0.2) is 71.8 Å². The van der Waals surface area contributed by atoms with Crippen LogP contribution in [0.5, 0.6) is 5.75 Å². The molecule has 0 aromatic heterocycles. The van der Waals surface area contributed by atoms with Gasteiger partial charge in [-0.15, -0.1) is 0 Å². The summed E-state index contributed by atoms with van der Waals surface area (Å²) in [6.07, 6.45) is 5.45. The lowest BCUT2D eigenvalue weighted by atomic mass is 9.91. The first kappa shape index (κ1) is 32.2. The summed E-state index contributed by atoms with van der Waals surface area (Å²) in [6, 6.07) is 22.2. The largest absolute Gasteiger partial charge is 0.508 e. The van der Waals surface area contributed by atoms with Gasteiger partial charge >= 0.3 is 5.97 Å². The van der Waals surface area contributed by atoms with Crippen LogP contribution in [0.4, 0.5) is 0 Å². The van der Waals surface area contributed by atoms with Crippen molar-refractivity contribution < 1.29 is 38.8 Å². The van der Waals surface area contributed by atoms with Crippen molar-refractivity contribution in [3.8, 4) is 5.75 Å². The summed E-state index contributed by atoms with van der Waals surface area (Å²) in [5.41, 5.74) is 4.72. The first-order valence-electron chi connectivity index (χ1n) is 15.9. The molecule has 1 aliphatic heterocycles. The molecule has 0 saturated carbocycles. The molecule has 0 unspecified atom stereocenters. The minimum absolute atomic E-state index is 0.0599. The number of nitrogens with one attached hydrogen (secondary N) is 2. The lowest BCUT2D eigenvalue weighted by molar-refractivity contribution is -0.172. The van der Waals surface area contributed by atoms with Crippen LogP contribution in [0, 0.1) is 0 Å². The number of ether oxygens (including phenoxy) is 3. The van der Waals surface area contributed by atoms with Crippen molar-refractivity contribution in [2.75, 3.05) is 19.7 Å². The molecular formula is C37H38N2O8. The lowest BCUT2D eigenvalue weighted by Crippen LogP contribution is -2.44. The van der Waals surface area contributed by atoms with Crippen LogP contribution in [0.25, 0.3) is 6.08 Å². The van der Waals surface area contributed by atoms with Gasteiger partial charge in [0.1, 0.15) is 24.1 Å². The van der Waals surface area contributed by atoms with Crippen molar-refractivity contribution in [2.24, 2.45) is 0 Å². The minimum Gasteiger partial charge on any atom is -0.508 e. The fraction of sp³-hybridized carbons (Fsp3) is 0.324. The van der Waals surface area contributed by atoms with Crippen LogP contribution < -0.4 is 10.6 Å². The van der Waals surface area contributed by atoms with E-state index in [1.807, 2.05) is 60.7 Å². The predicted octanol–water partition coefficient (Wildman–Crippen LogP) is 3.40. The maximum absolute atomic E-state index is 13.4. The number of hydrogen-bond acceptors (Lipinski definition) is 8. The third-order valence-corrected chi connectivity index (χ3v) is 8.62. The third-order valence-electron chi connectivity index (χ3n) is 8.62. The Balaban J connectivity index is 1.13. The zero-order valence-corrected chi connectivity index (χ0v) is 25.9. The fourth-order valence-corrected chi connectivity index (χ4v) is 6.29. The molecule has 6 rings (SSSR count). The number of allylic oxidation sites excluding steroid dienone is 1. The summed E-state index contributed by atoms with van der Waals surface area (Å²) in [5, 5.41) is 24.2. The zero-order chi connectivity index (χ0) is 32.8. The van der Waals surface area contributed by atoms with Crippen molar-refractivity contribution in [3.05, 3.63) is 118 Å². The van der Waals surface area contributed by atoms with Crippen molar-refractivity contribution in [1.29, 1.82) is 0 Å². The zero-order valence-electron chi connectivity index (χ0n) is 25.9. The summed E-state index contributed by atoms with van der Waals surface area (Å²) in [6.45, 7) is 0.0936. The molecule has 1 spiro atoms. The quantitative estimate of drug-likeness (QED) is 0.234. The van der Waals surface area contributed by atoms with Crippen molar-refractivity contribution in [1.82, 2.24) is 10.6 Å². The molecule has 2 amide bonds. The Morgan fingerprint density at radius 3 is 2.36 bits per heavy atom. The van der Waals surface area contributed by atoms with Crippen LogP contribution in [0.15, 0.2) is 90.5 Å². The number of phenols is 1. The van der Waals surface area contributed by atoms with Crippen LogP contribution in [-0.2, 0) is 43.1 Å². The maximum atomic E-state index is 13.4. The van der Waals surface area contributed by atoms with Gasteiger partial charge in [0, 0.05) is 44.3 Å². The van der Waals surface area contributed by atoms with Crippen molar-refractivity contribution >= 4 is 23.9 Å². The number of amides is 2. The Hall–Kier alpha value is -4.77. The number of phenolic OH excluding ortho intramolecular Hbond substituents is 1. The van der Waals surface area contributed by atoms with E-state index in [9.17, 15) is 19.5 Å². The van der Waals surface area contributed by atoms with Gasteiger partial charge in [0.15, 0.2) is 5.79 Å². The van der Waals surface area contributed by atoms with Gasteiger partial charge in [-0.1, -0.05) is 66.7 Å². The standard InChI is InChI=1S/C37H38N2O8/c40-19-18-38-33(42)16-17-39-35(43)29-20-31(34-32(21-29)46-37(47-34)22-27-8-1-2-9-28(27)23-37)45-36(44)26-14-12-24(13-15-26)6-5-10-25-7-3-4-11-30(25)41/h1-9,11-15,21,31-32,34,40-41H,10,16-20,22-23H2,(H,38,42)(H,39,43)/t31-,32-,34+/m1/s1. The third kappa shape index (κ3) is 7.62. The Labute approximate surface area is 273 Å². The number of rotatable bonds is 11. The first-order valence-corrected chi connectivity index (χ1v) is 15.9. The van der Waals surface area contributed by atoms with Gasteiger partial charge in [0.25, 0.3) is 0 Å². The molecule has 3 atom stereocenters. The van der Waals surface area contributed by atoms with E-state index < -0.39 is 30.1 Å². The second-order valence-corrected chi connectivity index (χ2v) is 12.0. The van der Waals surface area contributed by atoms with Gasteiger partial charge in [0.05, 0.1) is 12.2 Å². The first-order chi connectivity index (χ1) is 22.8. The number of fused-ring (bicyclic) bond motifs is 2. The van der Waals surface area contributed by atoms with E-state index in [2.05, 4.69) is 10.6 Å². The highest BCUT2D eigenvalue weighted by molar-refractivity contribution is 5.94. The van der Waals surface area contributed by atoms with Crippen LogP contribution >= 0.6 is 0 Å². The average molecular weight is 639 g/mol. The summed E-state index contributed by atoms with van der Waals surface area (Å²) in [4.78, 5) is 38.5. The molecule has 1 fully saturated rings. The number of aromatic hydroxyl groups is 1. The lowest BCUT2D eigenvalue weighted by Gasteiger charge is -2.30. The van der Waals surface area contributed by atoms with Gasteiger partial charge in [-0.2, -0.15) is 0 Å². The summed E-state index contributed by atoms with van der Waals surface area (Å²) < 4.78 is 19.1. The Kier molecular flexibility index (Phi) is 9.81. The van der Waals surface area contributed by atoms with Crippen molar-refractivity contribution in [2.45, 2.75) is 56.2 Å². The minimum atomic E-state index is -0.915. The number of aliphatic hydroxyl groups is 1. The number of carbonyl (C=O) groups excluding carboxylic acids is 3. The smallest absolute Gasteiger partial charge is 0.338 e. The SMILES string of the molecule is O=C(CCNC(=O)C1=C[C@H]2OC3(Cc4ccccc4C3)O[C@H]2[C@H](OC(=O)c2ccc(C=CCc3ccccc3O)cc2)C1)NCCO. The maximum Gasteiger partial charge on any atom is 0.338 e. The molecule has 2 aliphatic carbocycles. The molecule has 10 heteroatoms. The molecule has 47 heavy (non-hydrogen) atoms. The number of para-hydroxylation sites is 1. The van der Waals surface area contributed by atoms with E-state index in [0.717, 1.165) is 22.3 Å². The Morgan fingerprint density at radius 2 is 1.64 bits per heavy atom. The second kappa shape index (κ2) is 14.3. The molecule has 0 bridgehead atoms. The van der Waals surface area contributed by atoms with Gasteiger partial charge < -0.3 is 35.1 Å². The highest BCUT2D eigenvalue weighted by atomic mass is 16.8. The molecule has 3 aromatic rings. The summed E-state index contributed by atoms with van der Waals surface area (Å²) in [7, 11) is 0. The van der Waals surface area contributed by atoms with Crippen LogP contribution in [0.2, 0.25) is 0 Å². The molecule has 0 radical (unpaired) electrons. The normalized spacial score (nSPS) is 20.8. The monoisotopic (exact) mass is 638 g/mol. The molecule has 1 saturated heterocycles. The van der Waals surface area contributed by atoms with E-state index >= 15 is 0 Å². The molecule has 3 aliphatic rings. The number of hydrogen-bond donors (Lipinski definition) is 4. The highest BCUT2D eigenvalue weighted by Crippen LogP contribution is 2.45. The van der Waals surface area contributed by atoms with Crippen molar-refractivity contribution in [3.63, 3.8) is 0 Å². The highest BCUT2D eigenvalue weighted by Gasteiger charge is 2.55. The second-order valence-electron chi connectivity index (χ2n) is 12.0. The van der Waals surface area contributed by atoms with E-state index in [1.54, 1.807) is 30.3 Å².